The Hall–Kier alpha value is -2.81. The Kier molecular flexibility index (Phi) is 15.0. The van der Waals surface area contributed by atoms with Crippen LogP contribution in [0, 0.1) is 11.8 Å². The van der Waals surface area contributed by atoms with E-state index in [4.69, 9.17) is 14.2 Å². The van der Waals surface area contributed by atoms with Gasteiger partial charge in [-0.05, 0) is 63.5 Å². The highest BCUT2D eigenvalue weighted by atomic mass is 16.6. The van der Waals surface area contributed by atoms with Gasteiger partial charge in [-0.1, -0.05) is 70.3 Å². The summed E-state index contributed by atoms with van der Waals surface area (Å²) in [6.45, 7) is 11.2. The molecule has 4 aliphatic rings. The Morgan fingerprint density at radius 2 is 1.52 bits per heavy atom. The van der Waals surface area contributed by atoms with Crippen molar-refractivity contribution < 1.29 is 28.6 Å². The van der Waals surface area contributed by atoms with Gasteiger partial charge in [-0.3, -0.25) is 9.69 Å². The molecule has 2 saturated heterocycles. The van der Waals surface area contributed by atoms with Crippen molar-refractivity contribution in [3.8, 4) is 0 Å². The van der Waals surface area contributed by atoms with Crippen LogP contribution in [0.4, 0.5) is 9.59 Å². The summed E-state index contributed by atoms with van der Waals surface area (Å²) in [7, 11) is 0. The number of piperazine rings is 1. The highest BCUT2D eigenvalue weighted by Gasteiger charge is 2.29. The highest BCUT2D eigenvalue weighted by molar-refractivity contribution is 5.70. The second-order valence-electron chi connectivity index (χ2n) is 13.9. The Morgan fingerprint density at radius 1 is 0.870 bits per heavy atom. The summed E-state index contributed by atoms with van der Waals surface area (Å²) in [4.78, 5) is 44.3. The zero-order chi connectivity index (χ0) is 32.7. The van der Waals surface area contributed by atoms with Gasteiger partial charge < -0.3 is 24.0 Å². The quantitative estimate of drug-likeness (QED) is 0.0950. The van der Waals surface area contributed by atoms with Gasteiger partial charge in [0.2, 0.25) is 0 Å². The zero-order valence-corrected chi connectivity index (χ0v) is 28.7. The first-order valence-electron chi connectivity index (χ1n) is 18.1. The minimum Gasteiger partial charge on any atom is -0.457 e. The maximum absolute atomic E-state index is 13.2. The minimum atomic E-state index is -0.426. The maximum Gasteiger partial charge on any atom is 0.410 e. The number of rotatable bonds is 7. The van der Waals surface area contributed by atoms with E-state index in [2.05, 4.69) is 4.90 Å². The van der Waals surface area contributed by atoms with Crippen molar-refractivity contribution >= 4 is 18.2 Å². The van der Waals surface area contributed by atoms with E-state index in [0.717, 1.165) is 83.4 Å². The molecule has 3 fully saturated rings. The first kappa shape index (κ1) is 36.0. The van der Waals surface area contributed by atoms with Crippen LogP contribution in [0.3, 0.4) is 0 Å². The molecule has 3 heterocycles. The first-order valence-corrected chi connectivity index (χ1v) is 18.1. The van der Waals surface area contributed by atoms with E-state index in [0.29, 0.717) is 19.1 Å². The van der Waals surface area contributed by atoms with Gasteiger partial charge in [0, 0.05) is 63.6 Å². The normalized spacial score (nSPS) is 28.1. The summed E-state index contributed by atoms with van der Waals surface area (Å²) in [6, 6.07) is 0.666. The van der Waals surface area contributed by atoms with Crippen LogP contribution in [0.1, 0.15) is 104 Å². The van der Waals surface area contributed by atoms with Gasteiger partial charge in [-0.15, -0.1) is 0 Å². The van der Waals surface area contributed by atoms with Gasteiger partial charge in [0.15, 0.2) is 0 Å². The summed E-state index contributed by atoms with van der Waals surface area (Å²) in [6.07, 6.45) is 22.4. The largest absolute Gasteiger partial charge is 0.457 e. The van der Waals surface area contributed by atoms with E-state index in [1.165, 1.54) is 38.5 Å². The van der Waals surface area contributed by atoms with Crippen LogP contribution in [0.15, 0.2) is 36.0 Å². The third-order valence-electron chi connectivity index (χ3n) is 9.98. The molecule has 0 bridgehead atoms. The van der Waals surface area contributed by atoms with Crippen molar-refractivity contribution in [2.45, 2.75) is 122 Å². The fraction of sp³-hybridized carbons (Fsp3) is 0.757. The first-order chi connectivity index (χ1) is 22.3. The topological polar surface area (TPSA) is 88.6 Å². The number of likely N-dealkylation sites (tertiary alicyclic amines) is 1. The Bertz CT molecular complexity index is 1050. The van der Waals surface area contributed by atoms with Crippen LogP contribution in [-0.4, -0.2) is 97.0 Å². The molecule has 258 valence electrons. The molecule has 0 aromatic heterocycles. The van der Waals surface area contributed by atoms with Gasteiger partial charge in [-0.25, -0.2) is 9.59 Å². The van der Waals surface area contributed by atoms with E-state index in [1.807, 2.05) is 56.1 Å². The van der Waals surface area contributed by atoms with Gasteiger partial charge in [-0.2, -0.15) is 0 Å². The van der Waals surface area contributed by atoms with Crippen LogP contribution in [0.2, 0.25) is 0 Å². The third kappa shape index (κ3) is 11.8. The fourth-order valence-electron chi connectivity index (χ4n) is 7.04. The van der Waals surface area contributed by atoms with Crippen molar-refractivity contribution in [3.05, 3.63) is 36.0 Å². The minimum absolute atomic E-state index is 0.0574. The number of hydrogen-bond donors (Lipinski definition) is 0. The van der Waals surface area contributed by atoms with Crippen LogP contribution in [-0.2, 0) is 19.0 Å². The maximum atomic E-state index is 13.2. The molecule has 0 radical (unpaired) electrons. The molecule has 0 aromatic carbocycles. The number of esters is 1. The van der Waals surface area contributed by atoms with Crippen LogP contribution >= 0.6 is 0 Å². The molecule has 3 aliphatic heterocycles. The van der Waals surface area contributed by atoms with E-state index < -0.39 is 6.10 Å². The lowest BCUT2D eigenvalue weighted by Crippen LogP contribution is -2.52. The lowest BCUT2D eigenvalue weighted by molar-refractivity contribution is -0.148. The second-order valence-corrected chi connectivity index (χ2v) is 13.9. The molecular weight excluding hydrogens is 582 g/mol. The Balaban J connectivity index is 1.30. The Labute approximate surface area is 277 Å². The molecule has 9 nitrogen and oxygen atoms in total. The molecule has 1 unspecified atom stereocenters. The highest BCUT2D eigenvalue weighted by Crippen LogP contribution is 2.25. The summed E-state index contributed by atoms with van der Waals surface area (Å²) >= 11 is 0. The third-order valence-corrected chi connectivity index (χ3v) is 9.98. The number of carbonyl (C=O) groups excluding carboxylic acids is 3. The molecule has 46 heavy (non-hydrogen) atoms. The zero-order valence-electron chi connectivity index (χ0n) is 28.7. The van der Waals surface area contributed by atoms with Gasteiger partial charge in [0.25, 0.3) is 0 Å². The molecule has 4 atom stereocenters. The van der Waals surface area contributed by atoms with Gasteiger partial charge in [0.05, 0.1) is 6.61 Å². The van der Waals surface area contributed by atoms with Crippen LogP contribution in [0.25, 0.3) is 0 Å². The number of carbonyl (C=O) groups is 3. The van der Waals surface area contributed by atoms with Crippen molar-refractivity contribution in [2.75, 3.05) is 45.9 Å². The number of nitrogens with zero attached hydrogens (tertiary/aromatic N) is 3. The van der Waals surface area contributed by atoms with Crippen LogP contribution in [0.5, 0.6) is 0 Å². The number of hydrogen-bond acceptors (Lipinski definition) is 7. The molecule has 0 spiro atoms. The molecular formula is C37H59N3O6. The number of amides is 2. The molecule has 9 heteroatoms. The van der Waals surface area contributed by atoms with Gasteiger partial charge >= 0.3 is 18.2 Å². The average Bonchev–Trinajstić information content (AvgIpc) is 3.46. The van der Waals surface area contributed by atoms with Crippen molar-refractivity contribution in [2.24, 2.45) is 11.8 Å². The van der Waals surface area contributed by atoms with Gasteiger partial charge in [0.1, 0.15) is 12.2 Å². The second kappa shape index (κ2) is 19.1. The monoisotopic (exact) mass is 641 g/mol. The predicted octanol–water partition coefficient (Wildman–Crippen LogP) is 7.27. The van der Waals surface area contributed by atoms with Crippen LogP contribution < -0.4 is 0 Å². The standard InChI is InChI=1S/C37H59N3O6/c1-29(28-44-36(42)39-22-11-12-23-39)14-13-15-30(2)35-31(3)20-21-33(18-9-6-10-19-34(41)46-35)45-37(43)40-26-24-38(25-27-40)32-16-7-4-5-8-17-32/h13-15,20-21,29,31-33,35H,4-12,16-19,22-28H2,1-3H3/b14-13+,21-20+,30-15+/t29?,31-,33+,35+/m0/s1. The van der Waals surface area contributed by atoms with Crippen molar-refractivity contribution in [1.82, 2.24) is 14.7 Å². The van der Waals surface area contributed by atoms with Crippen molar-refractivity contribution in [1.29, 1.82) is 0 Å². The summed E-state index contributed by atoms with van der Waals surface area (Å²) in [5.74, 6) is -0.228. The van der Waals surface area contributed by atoms with E-state index in [9.17, 15) is 14.4 Å². The van der Waals surface area contributed by atoms with Crippen molar-refractivity contribution in [3.63, 3.8) is 0 Å². The average molecular weight is 642 g/mol. The lowest BCUT2D eigenvalue weighted by Gasteiger charge is -2.39. The summed E-state index contributed by atoms with van der Waals surface area (Å²) in [5.41, 5.74) is 0.931. The predicted molar refractivity (Wildman–Crippen MR) is 180 cm³/mol. The summed E-state index contributed by atoms with van der Waals surface area (Å²) < 4.78 is 17.5. The molecule has 4 rings (SSSR count). The van der Waals surface area contributed by atoms with E-state index >= 15 is 0 Å². The SMILES string of the molecule is C/C(=C\C=C\C(C)COC(=O)N1CCCC1)[C@H]1OC(=O)CCCCC[C@@H](OC(=O)N2CCN(C3CCCCCC3)CC2)/C=C/[C@@H]1C. The number of allylic oxidation sites excluding steroid dienone is 2. The molecule has 0 aromatic rings. The smallest absolute Gasteiger partial charge is 0.410 e. The number of ether oxygens (including phenoxy) is 3. The van der Waals surface area contributed by atoms with E-state index in [1.54, 1.807) is 4.90 Å². The molecule has 1 saturated carbocycles. The molecule has 2 amide bonds. The Morgan fingerprint density at radius 3 is 2.24 bits per heavy atom. The number of cyclic esters (lactones) is 1. The fourth-order valence-corrected chi connectivity index (χ4v) is 7.04. The lowest BCUT2D eigenvalue weighted by atomic mass is 9.95. The molecule has 1 aliphatic carbocycles. The van der Waals surface area contributed by atoms with E-state index in [-0.39, 0.29) is 36.1 Å². The summed E-state index contributed by atoms with van der Waals surface area (Å²) in [5, 5.41) is 0. The molecule has 0 N–H and O–H groups in total.